The van der Waals surface area contributed by atoms with E-state index in [0.717, 1.165) is 77.3 Å². The summed E-state index contributed by atoms with van der Waals surface area (Å²) in [6.45, 7) is 4.86. The van der Waals surface area contributed by atoms with Gasteiger partial charge in [-0.15, -0.1) is 0 Å². The predicted molar refractivity (Wildman–Crippen MR) is 76.0 cm³/mol. The Morgan fingerprint density at radius 1 is 1.16 bits per heavy atom. The van der Waals surface area contributed by atoms with Gasteiger partial charge in [-0.05, 0) is 57.0 Å². The molecule has 2 heterocycles. The molecule has 0 saturated carbocycles. The van der Waals surface area contributed by atoms with Crippen molar-refractivity contribution in [2.75, 3.05) is 39.9 Å². The van der Waals surface area contributed by atoms with Gasteiger partial charge in [0.1, 0.15) is 0 Å². The van der Waals surface area contributed by atoms with Crippen LogP contribution in [0.3, 0.4) is 0 Å². The quantitative estimate of drug-likeness (QED) is 0.824. The molecule has 2 aliphatic heterocycles. The Bertz CT molecular complexity index is 271. The molecule has 0 aromatic heterocycles. The van der Waals surface area contributed by atoms with Crippen LogP contribution >= 0.6 is 0 Å². The summed E-state index contributed by atoms with van der Waals surface area (Å²) in [5.74, 6) is 1.68. The van der Waals surface area contributed by atoms with Crippen LogP contribution in [0, 0.1) is 11.8 Å². The lowest BCUT2D eigenvalue weighted by Gasteiger charge is -2.27. The van der Waals surface area contributed by atoms with Crippen molar-refractivity contribution in [2.24, 2.45) is 11.8 Å². The van der Waals surface area contributed by atoms with Crippen molar-refractivity contribution in [1.29, 1.82) is 0 Å². The van der Waals surface area contributed by atoms with Crippen LogP contribution in [0.25, 0.3) is 0 Å². The molecule has 2 rings (SSSR count). The number of hydrogen-bond acceptors (Lipinski definition) is 3. The third-order valence-electron chi connectivity index (χ3n) is 4.56. The monoisotopic (exact) mass is 268 g/mol. The van der Waals surface area contributed by atoms with Gasteiger partial charge < -0.3 is 15.0 Å². The molecule has 110 valence electrons. The lowest BCUT2D eigenvalue weighted by atomic mass is 9.93. The standard InChI is InChI=1S/C15H28N2O2/c1-17(9-4-13-5-10-19-11-6-13)15(18)12-14-2-7-16-8-3-14/h13-14,16H,2-12H2,1H3. The number of nitrogens with zero attached hydrogens (tertiary/aromatic N) is 1. The summed E-state index contributed by atoms with van der Waals surface area (Å²) in [6, 6.07) is 0. The minimum atomic E-state index is 0.332. The first-order chi connectivity index (χ1) is 9.25. The van der Waals surface area contributed by atoms with Crippen molar-refractivity contribution < 1.29 is 9.53 Å². The van der Waals surface area contributed by atoms with Gasteiger partial charge in [-0.2, -0.15) is 0 Å². The average Bonchev–Trinajstić information content (AvgIpc) is 2.47. The number of amides is 1. The first-order valence-corrected chi connectivity index (χ1v) is 7.78. The Labute approximate surface area is 116 Å². The van der Waals surface area contributed by atoms with Crippen molar-refractivity contribution in [2.45, 2.75) is 38.5 Å². The second-order valence-corrected chi connectivity index (χ2v) is 6.06. The molecule has 2 aliphatic rings. The molecule has 0 aliphatic carbocycles. The van der Waals surface area contributed by atoms with Gasteiger partial charge in [0, 0.05) is 33.2 Å². The van der Waals surface area contributed by atoms with Crippen LogP contribution in [0.4, 0.5) is 0 Å². The van der Waals surface area contributed by atoms with E-state index in [-0.39, 0.29) is 0 Å². The van der Waals surface area contributed by atoms with Gasteiger partial charge in [-0.1, -0.05) is 0 Å². The summed E-state index contributed by atoms with van der Waals surface area (Å²) in [6.07, 6.45) is 6.51. The normalized spacial score (nSPS) is 22.4. The first-order valence-electron chi connectivity index (χ1n) is 7.78. The Balaban J connectivity index is 1.63. The minimum absolute atomic E-state index is 0.332. The zero-order chi connectivity index (χ0) is 13.5. The lowest BCUT2D eigenvalue weighted by molar-refractivity contribution is -0.131. The second-order valence-electron chi connectivity index (χ2n) is 6.06. The fraction of sp³-hybridized carbons (Fsp3) is 0.933. The van der Waals surface area contributed by atoms with Crippen molar-refractivity contribution in [3.05, 3.63) is 0 Å². The molecule has 0 aromatic carbocycles. The zero-order valence-corrected chi connectivity index (χ0v) is 12.2. The van der Waals surface area contributed by atoms with E-state index in [1.807, 2.05) is 11.9 Å². The molecule has 0 aromatic rings. The van der Waals surface area contributed by atoms with Crippen molar-refractivity contribution in [1.82, 2.24) is 10.2 Å². The summed E-state index contributed by atoms with van der Waals surface area (Å²) in [7, 11) is 1.96. The van der Waals surface area contributed by atoms with Crippen molar-refractivity contribution in [3.8, 4) is 0 Å². The number of carbonyl (C=O) groups excluding carboxylic acids is 1. The van der Waals surface area contributed by atoms with E-state index in [1.165, 1.54) is 0 Å². The van der Waals surface area contributed by atoms with Crippen molar-refractivity contribution >= 4 is 5.91 Å². The van der Waals surface area contributed by atoms with Gasteiger partial charge in [-0.25, -0.2) is 0 Å². The molecule has 0 radical (unpaired) electrons. The fourth-order valence-electron chi connectivity index (χ4n) is 3.02. The second kappa shape index (κ2) is 7.85. The van der Waals surface area contributed by atoms with Gasteiger partial charge in [-0.3, -0.25) is 4.79 Å². The zero-order valence-electron chi connectivity index (χ0n) is 12.2. The molecule has 1 amide bonds. The largest absolute Gasteiger partial charge is 0.381 e. The SMILES string of the molecule is CN(CCC1CCOCC1)C(=O)CC1CCNCC1. The molecule has 0 spiro atoms. The Morgan fingerprint density at radius 3 is 2.53 bits per heavy atom. The maximum absolute atomic E-state index is 12.2. The van der Waals surface area contributed by atoms with Crippen LogP contribution < -0.4 is 5.32 Å². The van der Waals surface area contributed by atoms with Gasteiger partial charge in [0.05, 0.1) is 0 Å². The van der Waals surface area contributed by atoms with E-state index >= 15 is 0 Å². The molecule has 0 bridgehead atoms. The highest BCUT2D eigenvalue weighted by atomic mass is 16.5. The molecule has 1 N–H and O–H groups in total. The van der Waals surface area contributed by atoms with E-state index in [1.54, 1.807) is 0 Å². The molecule has 0 atom stereocenters. The van der Waals surface area contributed by atoms with E-state index in [9.17, 15) is 4.79 Å². The fourth-order valence-corrected chi connectivity index (χ4v) is 3.02. The van der Waals surface area contributed by atoms with Crippen LogP contribution in [0.2, 0.25) is 0 Å². The first kappa shape index (κ1) is 14.8. The highest BCUT2D eigenvalue weighted by Crippen LogP contribution is 2.20. The van der Waals surface area contributed by atoms with Gasteiger partial charge in [0.25, 0.3) is 0 Å². The van der Waals surface area contributed by atoms with Crippen LogP contribution in [0.1, 0.15) is 38.5 Å². The number of ether oxygens (including phenoxy) is 1. The molecule has 19 heavy (non-hydrogen) atoms. The maximum atomic E-state index is 12.2. The molecule has 2 saturated heterocycles. The molecular weight excluding hydrogens is 240 g/mol. The Kier molecular flexibility index (Phi) is 6.11. The summed E-state index contributed by atoms with van der Waals surface area (Å²) in [4.78, 5) is 14.1. The number of carbonyl (C=O) groups is 1. The predicted octanol–water partition coefficient (Wildman–Crippen LogP) is 1.65. The third kappa shape index (κ3) is 5.11. The summed E-state index contributed by atoms with van der Waals surface area (Å²) in [5, 5.41) is 3.35. The maximum Gasteiger partial charge on any atom is 0.222 e. The van der Waals surface area contributed by atoms with Gasteiger partial charge >= 0.3 is 0 Å². The molecule has 4 nitrogen and oxygen atoms in total. The molecular formula is C15H28N2O2. The van der Waals surface area contributed by atoms with Crippen molar-refractivity contribution in [3.63, 3.8) is 0 Å². The highest BCUT2D eigenvalue weighted by molar-refractivity contribution is 5.76. The van der Waals surface area contributed by atoms with Crippen LogP contribution in [0.15, 0.2) is 0 Å². The number of nitrogens with one attached hydrogen (secondary N) is 1. The molecule has 0 unspecified atom stereocenters. The summed E-state index contributed by atoms with van der Waals surface area (Å²) < 4.78 is 5.37. The topological polar surface area (TPSA) is 41.6 Å². The Morgan fingerprint density at radius 2 is 1.84 bits per heavy atom. The number of hydrogen-bond donors (Lipinski definition) is 1. The van der Waals surface area contributed by atoms with E-state index in [4.69, 9.17) is 4.74 Å². The Hall–Kier alpha value is -0.610. The van der Waals surface area contributed by atoms with E-state index in [2.05, 4.69) is 5.32 Å². The van der Waals surface area contributed by atoms with E-state index in [0.29, 0.717) is 11.8 Å². The molecule has 2 fully saturated rings. The van der Waals surface area contributed by atoms with E-state index < -0.39 is 0 Å². The van der Waals surface area contributed by atoms with Gasteiger partial charge in [0.2, 0.25) is 5.91 Å². The smallest absolute Gasteiger partial charge is 0.222 e. The van der Waals surface area contributed by atoms with Crippen LogP contribution in [-0.2, 0) is 9.53 Å². The van der Waals surface area contributed by atoms with Crippen LogP contribution in [0.5, 0.6) is 0 Å². The molecule has 4 heteroatoms. The number of rotatable bonds is 5. The lowest BCUT2D eigenvalue weighted by Crippen LogP contribution is -2.34. The number of piperidine rings is 1. The highest BCUT2D eigenvalue weighted by Gasteiger charge is 2.20. The summed E-state index contributed by atoms with van der Waals surface area (Å²) in [5.41, 5.74) is 0. The third-order valence-corrected chi connectivity index (χ3v) is 4.56. The van der Waals surface area contributed by atoms with Crippen LogP contribution in [-0.4, -0.2) is 50.7 Å². The van der Waals surface area contributed by atoms with Gasteiger partial charge in [0.15, 0.2) is 0 Å². The minimum Gasteiger partial charge on any atom is -0.381 e. The summed E-state index contributed by atoms with van der Waals surface area (Å²) >= 11 is 0. The average molecular weight is 268 g/mol.